The molecule has 15 aromatic rings. The lowest BCUT2D eigenvalue weighted by Crippen LogP contribution is -2.26. The summed E-state index contributed by atoms with van der Waals surface area (Å²) in [6.45, 7) is 0. The van der Waals surface area contributed by atoms with Crippen molar-refractivity contribution in [1.82, 2.24) is 0 Å². The molecule has 0 aliphatic heterocycles. The average molecular weight is 1110 g/mol. The first-order valence-electron chi connectivity index (χ1n) is 30.1. The summed E-state index contributed by atoms with van der Waals surface area (Å²) in [6.07, 6.45) is 0. The van der Waals surface area contributed by atoms with Crippen LogP contribution >= 0.6 is 0 Å². The second kappa shape index (κ2) is 20.5. The van der Waals surface area contributed by atoms with Crippen LogP contribution in [0.5, 0.6) is 0 Å². The Hall–Kier alpha value is -11.3. The molecule has 0 saturated heterocycles. The predicted octanol–water partition coefficient (Wildman–Crippen LogP) is 23.1. The zero-order chi connectivity index (χ0) is 57.4. The van der Waals surface area contributed by atoms with E-state index >= 15 is 0 Å². The Morgan fingerprint density at radius 2 is 0.609 bits per heavy atom. The van der Waals surface area contributed by atoms with Gasteiger partial charge in [-0.3, -0.25) is 0 Å². The molecular weight excluding hydrogens is 1050 g/mol. The molecule has 406 valence electrons. The van der Waals surface area contributed by atoms with Crippen molar-refractivity contribution in [3.8, 4) is 66.8 Å². The van der Waals surface area contributed by atoms with E-state index in [1.165, 1.54) is 99.1 Å². The maximum absolute atomic E-state index is 2.55. The average Bonchev–Trinajstić information content (AvgIpc) is 1.51. The number of nitrogens with zero attached hydrogens (tertiary/aromatic N) is 2. The SMILES string of the molecule is c1ccc(-c2ccc(N(c3ccccc3)c3ccc4cc5c(cc4c3)C3(c4cc6cc(N(c7ccccc7)c7ccc(-c8ccccc8)cc7-c7ccccc7)ccc6cc4-5)c4ccccc4-c4c3ccc3ccccc43)c(-c3ccccc3)c2)cc1. The third kappa shape index (κ3) is 8.17. The van der Waals surface area contributed by atoms with Crippen molar-refractivity contribution in [1.29, 1.82) is 0 Å². The van der Waals surface area contributed by atoms with Crippen molar-refractivity contribution in [2.75, 3.05) is 9.80 Å². The Kier molecular flexibility index (Phi) is 11.8. The summed E-state index contributed by atoms with van der Waals surface area (Å²) < 4.78 is 0. The lowest BCUT2D eigenvalue weighted by atomic mass is 9.70. The van der Waals surface area contributed by atoms with Crippen LogP contribution in [-0.2, 0) is 5.41 Å². The zero-order valence-electron chi connectivity index (χ0n) is 47.7. The molecule has 0 bridgehead atoms. The van der Waals surface area contributed by atoms with E-state index in [9.17, 15) is 0 Å². The molecule has 0 aromatic heterocycles. The van der Waals surface area contributed by atoms with Crippen LogP contribution in [0, 0.1) is 0 Å². The van der Waals surface area contributed by atoms with Crippen LogP contribution in [0.25, 0.3) is 99.1 Å². The van der Waals surface area contributed by atoms with E-state index in [1.807, 2.05) is 0 Å². The van der Waals surface area contributed by atoms with Gasteiger partial charge in [-0.1, -0.05) is 243 Å². The Morgan fingerprint density at radius 1 is 0.195 bits per heavy atom. The van der Waals surface area contributed by atoms with Gasteiger partial charge < -0.3 is 9.80 Å². The third-order valence-electron chi connectivity index (χ3n) is 18.4. The molecule has 0 saturated carbocycles. The maximum Gasteiger partial charge on any atom is 0.0726 e. The summed E-state index contributed by atoms with van der Waals surface area (Å²) in [6, 6.07) is 126. The van der Waals surface area contributed by atoms with Crippen molar-refractivity contribution >= 4 is 66.4 Å². The maximum atomic E-state index is 2.55. The summed E-state index contributed by atoms with van der Waals surface area (Å²) in [7, 11) is 0. The molecule has 2 aliphatic rings. The Balaban J connectivity index is 0.886. The minimum absolute atomic E-state index is 0.630. The second-order valence-corrected chi connectivity index (χ2v) is 23.1. The summed E-state index contributed by atoms with van der Waals surface area (Å²) >= 11 is 0. The number of hydrogen-bond donors (Lipinski definition) is 0. The van der Waals surface area contributed by atoms with E-state index in [-0.39, 0.29) is 0 Å². The predicted molar refractivity (Wildman–Crippen MR) is 366 cm³/mol. The number of hydrogen-bond acceptors (Lipinski definition) is 2. The van der Waals surface area contributed by atoms with Crippen LogP contribution in [-0.4, -0.2) is 0 Å². The van der Waals surface area contributed by atoms with E-state index in [0.717, 1.165) is 56.4 Å². The Morgan fingerprint density at radius 3 is 1.10 bits per heavy atom. The fraction of sp³-hybridized carbons (Fsp3) is 0.0118. The van der Waals surface area contributed by atoms with Crippen molar-refractivity contribution < 1.29 is 0 Å². The van der Waals surface area contributed by atoms with Gasteiger partial charge in [0.2, 0.25) is 0 Å². The largest absolute Gasteiger partial charge is 0.310 e. The van der Waals surface area contributed by atoms with Gasteiger partial charge >= 0.3 is 0 Å². The highest BCUT2D eigenvalue weighted by molar-refractivity contribution is 6.10. The van der Waals surface area contributed by atoms with Crippen LogP contribution in [0.15, 0.2) is 340 Å². The number of anilines is 6. The molecule has 0 amide bonds. The molecule has 0 radical (unpaired) electrons. The molecule has 15 aromatic carbocycles. The highest BCUT2D eigenvalue weighted by Crippen LogP contribution is 2.65. The molecule has 87 heavy (non-hydrogen) atoms. The van der Waals surface area contributed by atoms with Crippen molar-refractivity contribution in [3.63, 3.8) is 0 Å². The first kappa shape index (κ1) is 50.2. The van der Waals surface area contributed by atoms with E-state index in [1.54, 1.807) is 0 Å². The van der Waals surface area contributed by atoms with Gasteiger partial charge in [-0.2, -0.15) is 0 Å². The zero-order valence-corrected chi connectivity index (χ0v) is 47.7. The fourth-order valence-electron chi connectivity index (χ4n) is 14.5. The second-order valence-electron chi connectivity index (χ2n) is 23.1. The molecule has 17 rings (SSSR count). The minimum atomic E-state index is -0.630. The lowest BCUT2D eigenvalue weighted by molar-refractivity contribution is 0.797. The van der Waals surface area contributed by atoms with E-state index in [0.29, 0.717) is 0 Å². The molecule has 0 atom stereocenters. The van der Waals surface area contributed by atoms with Crippen molar-refractivity contribution in [3.05, 3.63) is 362 Å². The molecular formula is C85H56N2. The monoisotopic (exact) mass is 1100 g/mol. The summed E-state index contributed by atoms with van der Waals surface area (Å²) in [4.78, 5) is 4.90. The van der Waals surface area contributed by atoms with E-state index in [2.05, 4.69) is 350 Å². The van der Waals surface area contributed by atoms with Crippen LogP contribution in [0.1, 0.15) is 22.3 Å². The Labute approximate surface area is 507 Å². The number of fused-ring (bicyclic) bond motifs is 14. The normalized spacial score (nSPS) is 12.5. The topological polar surface area (TPSA) is 6.48 Å². The van der Waals surface area contributed by atoms with Crippen LogP contribution in [0.4, 0.5) is 34.1 Å². The lowest BCUT2D eigenvalue weighted by Gasteiger charge is -2.31. The van der Waals surface area contributed by atoms with Gasteiger partial charge in [0.25, 0.3) is 0 Å². The fourth-order valence-corrected chi connectivity index (χ4v) is 14.5. The van der Waals surface area contributed by atoms with Gasteiger partial charge in [-0.25, -0.2) is 0 Å². The highest BCUT2D eigenvalue weighted by atomic mass is 15.1. The molecule has 0 unspecified atom stereocenters. The van der Waals surface area contributed by atoms with Gasteiger partial charge in [0.05, 0.1) is 16.8 Å². The quantitative estimate of drug-likeness (QED) is 0.135. The molecule has 0 fully saturated rings. The smallest absolute Gasteiger partial charge is 0.0726 e. The minimum Gasteiger partial charge on any atom is -0.310 e. The highest BCUT2D eigenvalue weighted by Gasteiger charge is 2.52. The first-order valence-corrected chi connectivity index (χ1v) is 30.1. The number of benzene rings is 15. The van der Waals surface area contributed by atoms with Gasteiger partial charge in [-0.05, 0) is 207 Å². The van der Waals surface area contributed by atoms with Crippen LogP contribution in [0.2, 0.25) is 0 Å². The van der Waals surface area contributed by atoms with Gasteiger partial charge in [0.1, 0.15) is 0 Å². The molecule has 0 heterocycles. The molecule has 2 heteroatoms. The van der Waals surface area contributed by atoms with E-state index < -0.39 is 5.41 Å². The summed E-state index contributed by atoms with van der Waals surface area (Å²) in [5.41, 5.74) is 25.7. The molecule has 2 nitrogen and oxygen atoms in total. The summed E-state index contributed by atoms with van der Waals surface area (Å²) in [5, 5.41) is 7.29. The molecule has 2 aliphatic carbocycles. The van der Waals surface area contributed by atoms with Crippen molar-refractivity contribution in [2.24, 2.45) is 0 Å². The van der Waals surface area contributed by atoms with Gasteiger partial charge in [0, 0.05) is 33.9 Å². The first-order chi connectivity index (χ1) is 43.1. The van der Waals surface area contributed by atoms with Gasteiger partial charge in [0.15, 0.2) is 0 Å². The van der Waals surface area contributed by atoms with Crippen LogP contribution < -0.4 is 9.80 Å². The standard InChI is InChI=1S/C85H56N2/c1-7-23-57(24-8-1)62-42-47-82(74(51-62)59-27-11-3-12-28-59)86(68-32-15-5-16-33-68)70-44-39-64-53-76-77-54-65-40-45-71(87(69-34-17-6-18-35-69)83-48-43-63(58-25-9-2-10-26-58)52-75(83)60-29-13-4-14-30-60)50-67(65)56-81(77)85(80(76)55-66(64)49-70)78-38-22-21-37-73(78)84-72-36-20-19-31-61(72)41-46-79(84)85/h1-56H. The van der Waals surface area contributed by atoms with E-state index in [4.69, 9.17) is 0 Å². The molecule has 0 N–H and O–H groups in total. The van der Waals surface area contributed by atoms with Gasteiger partial charge in [-0.15, -0.1) is 0 Å². The third-order valence-corrected chi connectivity index (χ3v) is 18.4. The molecule has 1 spiro atoms. The number of rotatable bonds is 10. The van der Waals surface area contributed by atoms with Crippen molar-refractivity contribution in [2.45, 2.75) is 5.41 Å². The number of para-hydroxylation sites is 2. The summed E-state index contributed by atoms with van der Waals surface area (Å²) in [5.74, 6) is 0. The Bertz CT molecular complexity index is 4880. The van der Waals surface area contributed by atoms with Crippen LogP contribution in [0.3, 0.4) is 0 Å².